The van der Waals surface area contributed by atoms with Gasteiger partial charge in [-0.05, 0) is 39.5 Å². The summed E-state index contributed by atoms with van der Waals surface area (Å²) in [7, 11) is 0. The molecule has 1 unspecified atom stereocenters. The summed E-state index contributed by atoms with van der Waals surface area (Å²) in [6.07, 6.45) is 0. The first kappa shape index (κ1) is 13.6. The van der Waals surface area contributed by atoms with Crippen LogP contribution in [0.3, 0.4) is 0 Å². The summed E-state index contributed by atoms with van der Waals surface area (Å²) in [4.78, 5) is 4.52. The van der Waals surface area contributed by atoms with Crippen molar-refractivity contribution in [3.8, 4) is 0 Å². The van der Waals surface area contributed by atoms with Crippen LogP contribution in [0.15, 0.2) is 28.1 Å². The highest BCUT2D eigenvalue weighted by Crippen LogP contribution is 2.28. The highest BCUT2D eigenvalue weighted by atomic mass is 79.9. The minimum Gasteiger partial charge on any atom is -0.318 e. The second-order valence-corrected chi connectivity index (χ2v) is 6.16. The van der Waals surface area contributed by atoms with E-state index in [9.17, 15) is 4.39 Å². The van der Waals surface area contributed by atoms with Crippen LogP contribution in [0, 0.1) is 5.82 Å². The average Bonchev–Trinajstić information content (AvgIpc) is 2.81. The first-order valence-electron chi connectivity index (χ1n) is 5.65. The molecule has 5 heteroatoms. The second kappa shape index (κ2) is 5.47. The molecule has 0 fully saturated rings. The van der Waals surface area contributed by atoms with Crippen molar-refractivity contribution in [2.24, 2.45) is 5.73 Å². The molecule has 0 radical (unpaired) electrons. The van der Waals surface area contributed by atoms with Crippen LogP contribution in [0.5, 0.6) is 0 Å². The molecule has 2 nitrogen and oxygen atoms in total. The van der Waals surface area contributed by atoms with Crippen molar-refractivity contribution in [3.63, 3.8) is 0 Å². The molecule has 2 aromatic rings. The molecule has 0 aliphatic heterocycles. The lowest BCUT2D eigenvalue weighted by molar-refractivity contribution is 0.619. The third-order valence-electron chi connectivity index (χ3n) is 2.70. The number of nitrogens with two attached hydrogens (primary N) is 1. The van der Waals surface area contributed by atoms with E-state index >= 15 is 0 Å². The molecular formula is C13H14BrFN2S. The Morgan fingerprint density at radius 2 is 2.11 bits per heavy atom. The van der Waals surface area contributed by atoms with Gasteiger partial charge in [0.25, 0.3) is 0 Å². The molecule has 1 atom stereocenters. The number of hydrogen-bond donors (Lipinski definition) is 1. The lowest BCUT2D eigenvalue weighted by atomic mass is 10.1. The van der Waals surface area contributed by atoms with Crippen molar-refractivity contribution in [1.82, 2.24) is 4.98 Å². The highest BCUT2D eigenvalue weighted by Gasteiger charge is 2.15. The molecule has 18 heavy (non-hydrogen) atoms. The quantitative estimate of drug-likeness (QED) is 0.916. The van der Waals surface area contributed by atoms with Crippen molar-refractivity contribution in [2.45, 2.75) is 25.8 Å². The van der Waals surface area contributed by atoms with E-state index in [4.69, 9.17) is 5.73 Å². The Kier molecular flexibility index (Phi) is 4.14. The monoisotopic (exact) mass is 328 g/mol. The van der Waals surface area contributed by atoms with Gasteiger partial charge in [0.2, 0.25) is 0 Å². The Balaban J connectivity index is 2.29. The van der Waals surface area contributed by atoms with Crippen molar-refractivity contribution >= 4 is 27.3 Å². The minimum atomic E-state index is -0.306. The molecule has 0 aliphatic carbocycles. The van der Waals surface area contributed by atoms with Crippen LogP contribution in [0.2, 0.25) is 0 Å². The largest absolute Gasteiger partial charge is 0.318 e. The Morgan fingerprint density at radius 3 is 2.67 bits per heavy atom. The van der Waals surface area contributed by atoms with Gasteiger partial charge < -0.3 is 5.73 Å². The Hall–Kier alpha value is -0.780. The summed E-state index contributed by atoms with van der Waals surface area (Å²) < 4.78 is 13.6. The van der Waals surface area contributed by atoms with Gasteiger partial charge in [0.15, 0.2) is 0 Å². The highest BCUT2D eigenvalue weighted by molar-refractivity contribution is 9.10. The standard InChI is InChI=1S/C13H14BrFN2S/c1-7(2)11-6-18-13(17-11)12(16)8-3-4-10(15)9(14)5-8/h3-7,12H,16H2,1-2H3. The topological polar surface area (TPSA) is 38.9 Å². The third kappa shape index (κ3) is 2.79. The van der Waals surface area contributed by atoms with Gasteiger partial charge in [-0.1, -0.05) is 19.9 Å². The molecule has 96 valence electrons. The smallest absolute Gasteiger partial charge is 0.137 e. The van der Waals surface area contributed by atoms with E-state index in [1.54, 1.807) is 23.5 Å². The van der Waals surface area contributed by atoms with Gasteiger partial charge in [-0.3, -0.25) is 0 Å². The van der Waals surface area contributed by atoms with E-state index in [1.165, 1.54) is 6.07 Å². The zero-order valence-electron chi connectivity index (χ0n) is 10.2. The van der Waals surface area contributed by atoms with Gasteiger partial charge in [-0.2, -0.15) is 0 Å². The first-order chi connectivity index (χ1) is 8.49. The zero-order chi connectivity index (χ0) is 13.3. The fourth-order valence-electron chi connectivity index (χ4n) is 1.56. The predicted octanol–water partition coefficient (Wildman–Crippen LogP) is 4.22. The normalized spacial score (nSPS) is 13.0. The van der Waals surface area contributed by atoms with Gasteiger partial charge in [0, 0.05) is 5.38 Å². The molecule has 0 spiro atoms. The number of benzene rings is 1. The lowest BCUT2D eigenvalue weighted by Crippen LogP contribution is -2.12. The molecule has 0 aliphatic rings. The van der Waals surface area contributed by atoms with Gasteiger partial charge >= 0.3 is 0 Å². The predicted molar refractivity (Wildman–Crippen MR) is 76.3 cm³/mol. The van der Waals surface area contributed by atoms with Gasteiger partial charge in [-0.25, -0.2) is 9.37 Å². The minimum absolute atomic E-state index is 0.284. The first-order valence-corrected chi connectivity index (χ1v) is 7.32. The molecule has 0 amide bonds. The van der Waals surface area contributed by atoms with Crippen molar-refractivity contribution in [3.05, 3.63) is 50.1 Å². The summed E-state index contributed by atoms with van der Waals surface area (Å²) in [5.41, 5.74) is 8.06. The van der Waals surface area contributed by atoms with Gasteiger partial charge in [0.05, 0.1) is 16.2 Å². The lowest BCUT2D eigenvalue weighted by Gasteiger charge is -2.09. The maximum Gasteiger partial charge on any atom is 0.137 e. The van der Waals surface area contributed by atoms with Crippen LogP contribution in [0.25, 0.3) is 0 Å². The summed E-state index contributed by atoms with van der Waals surface area (Å²) in [5.74, 6) is 0.107. The summed E-state index contributed by atoms with van der Waals surface area (Å²) in [5, 5.41) is 2.88. The van der Waals surface area contributed by atoms with E-state index in [0.717, 1.165) is 16.3 Å². The van der Waals surface area contributed by atoms with Gasteiger partial charge in [-0.15, -0.1) is 11.3 Å². The van der Waals surface area contributed by atoms with E-state index < -0.39 is 0 Å². The van der Waals surface area contributed by atoms with Crippen molar-refractivity contribution in [1.29, 1.82) is 0 Å². The molecular weight excluding hydrogens is 315 g/mol. The molecule has 2 N–H and O–H groups in total. The third-order valence-corrected chi connectivity index (χ3v) is 4.25. The SMILES string of the molecule is CC(C)c1csc(C(N)c2ccc(F)c(Br)c2)n1. The van der Waals surface area contributed by atoms with Crippen LogP contribution in [0.4, 0.5) is 4.39 Å². The number of thiazole rings is 1. The molecule has 2 rings (SSSR count). The summed E-state index contributed by atoms with van der Waals surface area (Å²) in [6, 6.07) is 4.51. The van der Waals surface area contributed by atoms with Crippen LogP contribution in [0.1, 0.15) is 42.1 Å². The fourth-order valence-corrected chi connectivity index (χ4v) is 2.96. The van der Waals surface area contributed by atoms with Crippen LogP contribution in [-0.2, 0) is 0 Å². The molecule has 1 aromatic heterocycles. The number of hydrogen-bond acceptors (Lipinski definition) is 3. The fraction of sp³-hybridized carbons (Fsp3) is 0.308. The molecule has 1 aromatic carbocycles. The molecule has 1 heterocycles. The van der Waals surface area contributed by atoms with E-state index in [2.05, 4.69) is 34.8 Å². The maximum atomic E-state index is 13.2. The number of aromatic nitrogens is 1. The van der Waals surface area contributed by atoms with E-state index in [0.29, 0.717) is 10.4 Å². The number of nitrogens with zero attached hydrogens (tertiary/aromatic N) is 1. The van der Waals surface area contributed by atoms with Crippen LogP contribution in [-0.4, -0.2) is 4.98 Å². The second-order valence-electron chi connectivity index (χ2n) is 4.42. The van der Waals surface area contributed by atoms with E-state index in [-0.39, 0.29) is 11.9 Å². The number of rotatable bonds is 3. The average molecular weight is 329 g/mol. The molecule has 0 saturated carbocycles. The zero-order valence-corrected chi connectivity index (χ0v) is 12.6. The molecule has 0 bridgehead atoms. The number of halogens is 2. The summed E-state index contributed by atoms with van der Waals surface area (Å²) >= 11 is 4.71. The maximum absolute atomic E-state index is 13.2. The Morgan fingerprint density at radius 1 is 1.39 bits per heavy atom. The Bertz CT molecular complexity index is 554. The van der Waals surface area contributed by atoms with Crippen molar-refractivity contribution < 1.29 is 4.39 Å². The van der Waals surface area contributed by atoms with Crippen molar-refractivity contribution in [2.75, 3.05) is 0 Å². The molecule has 0 saturated heterocycles. The van der Waals surface area contributed by atoms with Gasteiger partial charge in [0.1, 0.15) is 10.8 Å². The van der Waals surface area contributed by atoms with Crippen LogP contribution < -0.4 is 5.73 Å². The summed E-state index contributed by atoms with van der Waals surface area (Å²) in [6.45, 7) is 4.19. The Labute approximate surface area is 118 Å². The van der Waals surface area contributed by atoms with E-state index in [1.807, 2.05) is 5.38 Å². The van der Waals surface area contributed by atoms with Crippen LogP contribution >= 0.6 is 27.3 Å².